The van der Waals surface area contributed by atoms with E-state index in [0.29, 0.717) is 25.0 Å². The Bertz CT molecular complexity index is 351. The highest BCUT2D eigenvalue weighted by Gasteiger charge is 2.37. The standard InChI is InChI=1S/C14H24N2O4/c1-20-5-4-13(17)15-11-6-12(7-11)16(9-14(18)19)8-10-2-3-10/h10-12H,2-9H2,1H3,(H,15,17)(H,18,19). The molecule has 0 bridgehead atoms. The molecule has 2 N–H and O–H groups in total. The van der Waals surface area contributed by atoms with Crippen molar-refractivity contribution in [1.29, 1.82) is 0 Å². The Morgan fingerprint density at radius 1 is 1.35 bits per heavy atom. The topological polar surface area (TPSA) is 78.9 Å². The molecule has 0 aromatic heterocycles. The average Bonchev–Trinajstić information content (AvgIpc) is 3.13. The summed E-state index contributed by atoms with van der Waals surface area (Å²) in [6.45, 7) is 1.45. The zero-order valence-corrected chi connectivity index (χ0v) is 12.0. The van der Waals surface area contributed by atoms with Gasteiger partial charge in [-0.15, -0.1) is 0 Å². The molecular formula is C14H24N2O4. The number of hydrogen-bond donors (Lipinski definition) is 2. The van der Waals surface area contributed by atoms with E-state index in [1.54, 1.807) is 7.11 Å². The largest absolute Gasteiger partial charge is 0.480 e. The summed E-state index contributed by atoms with van der Waals surface area (Å²) < 4.78 is 4.87. The van der Waals surface area contributed by atoms with Gasteiger partial charge in [0.05, 0.1) is 13.2 Å². The van der Waals surface area contributed by atoms with E-state index in [2.05, 4.69) is 10.2 Å². The number of hydrogen-bond acceptors (Lipinski definition) is 4. The lowest BCUT2D eigenvalue weighted by molar-refractivity contribution is -0.140. The normalized spacial score (nSPS) is 25.3. The van der Waals surface area contributed by atoms with Crippen molar-refractivity contribution in [3.63, 3.8) is 0 Å². The van der Waals surface area contributed by atoms with Crippen LogP contribution in [0.25, 0.3) is 0 Å². The van der Waals surface area contributed by atoms with Gasteiger partial charge in [-0.2, -0.15) is 0 Å². The van der Waals surface area contributed by atoms with Crippen LogP contribution < -0.4 is 5.32 Å². The van der Waals surface area contributed by atoms with Gasteiger partial charge in [0.25, 0.3) is 0 Å². The lowest BCUT2D eigenvalue weighted by atomic mass is 9.85. The Hall–Kier alpha value is -1.14. The molecule has 114 valence electrons. The van der Waals surface area contributed by atoms with E-state index in [1.807, 2.05) is 0 Å². The third-order valence-electron chi connectivity index (χ3n) is 4.06. The Kier molecular flexibility index (Phi) is 5.37. The van der Waals surface area contributed by atoms with Gasteiger partial charge in [-0.1, -0.05) is 0 Å². The summed E-state index contributed by atoms with van der Waals surface area (Å²) in [6.07, 6.45) is 4.55. The molecule has 0 atom stereocenters. The van der Waals surface area contributed by atoms with Crippen LogP contribution in [0, 0.1) is 5.92 Å². The van der Waals surface area contributed by atoms with Crippen molar-refractivity contribution < 1.29 is 19.4 Å². The molecule has 2 aliphatic carbocycles. The second-order valence-electron chi connectivity index (χ2n) is 5.90. The maximum Gasteiger partial charge on any atom is 0.317 e. The molecule has 0 saturated heterocycles. The third-order valence-corrected chi connectivity index (χ3v) is 4.06. The Morgan fingerprint density at radius 3 is 2.60 bits per heavy atom. The van der Waals surface area contributed by atoms with Crippen LogP contribution in [0.2, 0.25) is 0 Å². The van der Waals surface area contributed by atoms with Gasteiger partial charge in [-0.25, -0.2) is 0 Å². The van der Waals surface area contributed by atoms with Crippen molar-refractivity contribution in [2.24, 2.45) is 5.92 Å². The number of nitrogens with one attached hydrogen (secondary N) is 1. The minimum absolute atomic E-state index is 0.0160. The molecular weight excluding hydrogens is 260 g/mol. The van der Waals surface area contributed by atoms with Crippen molar-refractivity contribution in [2.45, 2.75) is 44.2 Å². The molecule has 0 aromatic carbocycles. The number of carbonyl (C=O) groups is 2. The van der Waals surface area contributed by atoms with E-state index in [0.717, 1.165) is 19.4 Å². The molecule has 2 saturated carbocycles. The first-order chi connectivity index (χ1) is 9.58. The fourth-order valence-corrected chi connectivity index (χ4v) is 2.65. The predicted molar refractivity (Wildman–Crippen MR) is 73.4 cm³/mol. The zero-order chi connectivity index (χ0) is 14.5. The van der Waals surface area contributed by atoms with Crippen LogP contribution >= 0.6 is 0 Å². The van der Waals surface area contributed by atoms with E-state index in [9.17, 15) is 9.59 Å². The van der Waals surface area contributed by atoms with Gasteiger partial charge >= 0.3 is 5.97 Å². The smallest absolute Gasteiger partial charge is 0.317 e. The molecule has 1 amide bonds. The van der Waals surface area contributed by atoms with E-state index in [4.69, 9.17) is 9.84 Å². The minimum Gasteiger partial charge on any atom is -0.480 e. The Balaban J connectivity index is 1.69. The SMILES string of the molecule is COCCC(=O)NC1CC(N(CC(=O)O)CC2CC2)C1. The molecule has 0 spiro atoms. The highest BCUT2D eigenvalue weighted by molar-refractivity contribution is 5.76. The molecule has 0 unspecified atom stereocenters. The maximum atomic E-state index is 11.5. The van der Waals surface area contributed by atoms with E-state index >= 15 is 0 Å². The first kappa shape index (κ1) is 15.3. The molecule has 6 nitrogen and oxygen atoms in total. The van der Waals surface area contributed by atoms with Crippen molar-refractivity contribution in [3.05, 3.63) is 0 Å². The number of aliphatic carboxylic acids is 1. The van der Waals surface area contributed by atoms with Gasteiger partial charge in [0.2, 0.25) is 5.91 Å². The number of ether oxygens (including phenoxy) is 1. The highest BCUT2D eigenvalue weighted by Crippen LogP contribution is 2.33. The quantitative estimate of drug-likeness (QED) is 0.643. The summed E-state index contributed by atoms with van der Waals surface area (Å²) in [5.41, 5.74) is 0. The van der Waals surface area contributed by atoms with E-state index in [-0.39, 0.29) is 18.5 Å². The number of carboxylic acid groups (broad SMARTS) is 1. The molecule has 0 heterocycles. The summed E-state index contributed by atoms with van der Waals surface area (Å²) in [4.78, 5) is 24.5. The van der Waals surface area contributed by atoms with Crippen LogP contribution in [0.5, 0.6) is 0 Å². The maximum absolute atomic E-state index is 11.5. The number of carbonyl (C=O) groups excluding carboxylic acids is 1. The van der Waals surface area contributed by atoms with Gasteiger partial charge < -0.3 is 15.2 Å². The molecule has 20 heavy (non-hydrogen) atoms. The zero-order valence-electron chi connectivity index (χ0n) is 12.0. The van der Waals surface area contributed by atoms with Gasteiger partial charge in [-0.3, -0.25) is 14.5 Å². The first-order valence-electron chi connectivity index (χ1n) is 7.32. The lowest BCUT2D eigenvalue weighted by Gasteiger charge is -2.42. The van der Waals surface area contributed by atoms with Crippen molar-refractivity contribution in [3.8, 4) is 0 Å². The Labute approximate surface area is 119 Å². The van der Waals surface area contributed by atoms with Gasteiger partial charge in [0, 0.05) is 32.2 Å². The Morgan fingerprint density at radius 2 is 2.05 bits per heavy atom. The second kappa shape index (κ2) is 7.04. The number of nitrogens with zero attached hydrogens (tertiary/aromatic N) is 1. The molecule has 2 aliphatic rings. The van der Waals surface area contributed by atoms with Crippen molar-refractivity contribution in [2.75, 3.05) is 26.8 Å². The predicted octanol–water partition coefficient (Wildman–Crippen LogP) is 0.467. The van der Waals surface area contributed by atoms with Crippen LogP contribution in [0.15, 0.2) is 0 Å². The molecule has 0 aromatic rings. The highest BCUT2D eigenvalue weighted by atomic mass is 16.5. The monoisotopic (exact) mass is 284 g/mol. The molecule has 2 fully saturated rings. The van der Waals surface area contributed by atoms with Crippen molar-refractivity contribution in [1.82, 2.24) is 10.2 Å². The lowest BCUT2D eigenvalue weighted by Crippen LogP contribution is -2.55. The summed E-state index contributed by atoms with van der Waals surface area (Å²) in [5, 5.41) is 11.9. The third kappa shape index (κ3) is 4.76. The second-order valence-corrected chi connectivity index (χ2v) is 5.90. The van der Waals surface area contributed by atoms with Gasteiger partial charge in [0.15, 0.2) is 0 Å². The summed E-state index contributed by atoms with van der Waals surface area (Å²) in [5.74, 6) is -0.0646. The average molecular weight is 284 g/mol. The number of methoxy groups -OCH3 is 1. The van der Waals surface area contributed by atoms with Crippen LogP contribution in [0.3, 0.4) is 0 Å². The van der Waals surface area contributed by atoms with Gasteiger partial charge in [0.1, 0.15) is 0 Å². The van der Waals surface area contributed by atoms with E-state index in [1.165, 1.54) is 12.8 Å². The minimum atomic E-state index is -0.766. The molecule has 2 rings (SSSR count). The van der Waals surface area contributed by atoms with Crippen LogP contribution in [-0.4, -0.2) is 60.8 Å². The van der Waals surface area contributed by atoms with Gasteiger partial charge in [-0.05, 0) is 31.6 Å². The van der Waals surface area contributed by atoms with E-state index < -0.39 is 5.97 Å². The summed E-state index contributed by atoms with van der Waals surface area (Å²) in [7, 11) is 1.58. The number of carboxylic acids is 1. The number of rotatable bonds is 9. The van der Waals surface area contributed by atoms with Crippen LogP contribution in [0.4, 0.5) is 0 Å². The first-order valence-corrected chi connectivity index (χ1v) is 7.32. The summed E-state index contributed by atoms with van der Waals surface area (Å²) >= 11 is 0. The fraction of sp³-hybridized carbons (Fsp3) is 0.857. The molecule has 6 heteroatoms. The molecule has 0 aliphatic heterocycles. The molecule has 0 radical (unpaired) electrons. The van der Waals surface area contributed by atoms with Crippen molar-refractivity contribution >= 4 is 11.9 Å². The summed E-state index contributed by atoms with van der Waals surface area (Å²) in [6, 6.07) is 0.499. The fourth-order valence-electron chi connectivity index (χ4n) is 2.65. The van der Waals surface area contributed by atoms with Crippen LogP contribution in [0.1, 0.15) is 32.1 Å². The van der Waals surface area contributed by atoms with Crippen LogP contribution in [-0.2, 0) is 14.3 Å². The number of amides is 1.